The summed E-state index contributed by atoms with van der Waals surface area (Å²) < 4.78 is 28.3. The third kappa shape index (κ3) is 5.35. The molecule has 172 valence electrons. The Morgan fingerprint density at radius 2 is 1.21 bits per heavy atom. The molecule has 4 aromatic carbocycles. The highest BCUT2D eigenvalue weighted by Gasteiger charge is 2.28. The topological polar surface area (TPSA) is 66.5 Å². The number of anilines is 1. The van der Waals surface area contributed by atoms with E-state index in [4.69, 9.17) is 0 Å². The normalized spacial score (nSPS) is 11.2. The molecule has 0 heterocycles. The monoisotopic (exact) mass is 470 g/mol. The second kappa shape index (κ2) is 10.4. The van der Waals surface area contributed by atoms with Gasteiger partial charge in [0.2, 0.25) is 5.91 Å². The van der Waals surface area contributed by atoms with Crippen molar-refractivity contribution in [3.05, 3.63) is 132 Å². The minimum absolute atomic E-state index is 0.137. The minimum Gasteiger partial charge on any atom is -0.344 e. The van der Waals surface area contributed by atoms with Gasteiger partial charge in [-0.3, -0.25) is 9.10 Å². The zero-order valence-electron chi connectivity index (χ0n) is 18.8. The van der Waals surface area contributed by atoms with Crippen LogP contribution in [0.1, 0.15) is 22.7 Å². The summed E-state index contributed by atoms with van der Waals surface area (Å²) in [5, 5.41) is 3.04. The van der Waals surface area contributed by atoms with Crippen molar-refractivity contribution in [3.8, 4) is 0 Å². The number of carbonyl (C=O) groups excluding carboxylic acids is 1. The van der Waals surface area contributed by atoms with Crippen LogP contribution in [0.3, 0.4) is 0 Å². The summed E-state index contributed by atoms with van der Waals surface area (Å²) in [6.07, 6.45) is 0. The predicted octanol–water partition coefficient (Wildman–Crippen LogP) is 5.10. The van der Waals surface area contributed by atoms with Gasteiger partial charge < -0.3 is 5.32 Å². The largest absolute Gasteiger partial charge is 0.344 e. The van der Waals surface area contributed by atoms with Gasteiger partial charge in [-0.05, 0) is 42.3 Å². The van der Waals surface area contributed by atoms with E-state index in [-0.39, 0.29) is 11.4 Å². The lowest BCUT2D eigenvalue weighted by Gasteiger charge is -2.26. The van der Waals surface area contributed by atoms with Crippen molar-refractivity contribution >= 4 is 21.6 Å². The maximum absolute atomic E-state index is 13.6. The molecule has 5 nitrogen and oxygen atoms in total. The summed E-state index contributed by atoms with van der Waals surface area (Å²) in [4.78, 5) is 13.4. The Bertz CT molecular complexity index is 1290. The van der Waals surface area contributed by atoms with Gasteiger partial charge in [0.25, 0.3) is 10.0 Å². The molecule has 0 aromatic heterocycles. The van der Waals surface area contributed by atoms with Crippen molar-refractivity contribution in [3.63, 3.8) is 0 Å². The Morgan fingerprint density at radius 1 is 0.735 bits per heavy atom. The number of hydrogen-bond donors (Lipinski definition) is 1. The molecule has 1 N–H and O–H groups in total. The molecule has 0 spiro atoms. The van der Waals surface area contributed by atoms with Crippen LogP contribution in [-0.2, 0) is 14.8 Å². The van der Waals surface area contributed by atoms with Gasteiger partial charge in [0, 0.05) is 0 Å². The number of nitrogens with zero attached hydrogens (tertiary/aromatic N) is 1. The van der Waals surface area contributed by atoms with E-state index in [1.54, 1.807) is 54.6 Å². The highest BCUT2D eigenvalue weighted by molar-refractivity contribution is 7.92. The fourth-order valence-electron chi connectivity index (χ4n) is 3.73. The molecule has 0 saturated heterocycles. The summed E-state index contributed by atoms with van der Waals surface area (Å²) in [6, 6.07) is 34.1. The van der Waals surface area contributed by atoms with Gasteiger partial charge in [0.15, 0.2) is 0 Å². The average molecular weight is 471 g/mol. The van der Waals surface area contributed by atoms with Crippen molar-refractivity contribution in [1.29, 1.82) is 0 Å². The van der Waals surface area contributed by atoms with Gasteiger partial charge in [-0.25, -0.2) is 8.42 Å². The van der Waals surface area contributed by atoms with E-state index >= 15 is 0 Å². The lowest BCUT2D eigenvalue weighted by Crippen LogP contribution is -2.42. The highest BCUT2D eigenvalue weighted by Crippen LogP contribution is 2.25. The Hall–Kier alpha value is -3.90. The molecule has 0 aliphatic carbocycles. The van der Waals surface area contributed by atoms with Gasteiger partial charge in [-0.1, -0.05) is 96.6 Å². The van der Waals surface area contributed by atoms with Crippen molar-refractivity contribution in [1.82, 2.24) is 5.32 Å². The zero-order valence-corrected chi connectivity index (χ0v) is 19.7. The van der Waals surface area contributed by atoms with Crippen LogP contribution in [0.15, 0.2) is 120 Å². The van der Waals surface area contributed by atoms with Gasteiger partial charge in [0.1, 0.15) is 6.54 Å². The minimum atomic E-state index is -3.96. The van der Waals surface area contributed by atoms with E-state index in [9.17, 15) is 13.2 Å². The molecule has 0 fully saturated rings. The summed E-state index contributed by atoms with van der Waals surface area (Å²) in [6.45, 7) is 1.54. The summed E-state index contributed by atoms with van der Waals surface area (Å²) in [5.41, 5.74) is 3.20. The first-order chi connectivity index (χ1) is 16.4. The van der Waals surface area contributed by atoms with Crippen LogP contribution in [0, 0.1) is 6.92 Å². The number of nitrogens with one attached hydrogen (secondary N) is 1. The molecule has 4 rings (SSSR count). The first-order valence-corrected chi connectivity index (χ1v) is 12.4. The Morgan fingerprint density at radius 3 is 1.71 bits per heavy atom. The molecule has 0 atom stereocenters. The maximum atomic E-state index is 13.6. The maximum Gasteiger partial charge on any atom is 0.264 e. The molecule has 34 heavy (non-hydrogen) atoms. The number of sulfonamides is 1. The SMILES string of the molecule is Cc1ccc(S(=O)(=O)N(CC(=O)NC(c2ccccc2)c2ccccc2)c2ccccc2)cc1. The number of carbonyl (C=O) groups is 1. The average Bonchev–Trinajstić information content (AvgIpc) is 2.87. The van der Waals surface area contributed by atoms with Crippen molar-refractivity contribution in [2.75, 3.05) is 10.8 Å². The second-order valence-corrected chi connectivity index (χ2v) is 9.84. The molecular weight excluding hydrogens is 444 g/mol. The Kier molecular flexibility index (Phi) is 7.09. The fraction of sp³-hybridized carbons (Fsp3) is 0.107. The van der Waals surface area contributed by atoms with E-state index < -0.39 is 22.0 Å². The fourth-order valence-corrected chi connectivity index (χ4v) is 5.15. The van der Waals surface area contributed by atoms with Crippen molar-refractivity contribution in [2.45, 2.75) is 17.9 Å². The summed E-state index contributed by atoms with van der Waals surface area (Å²) in [7, 11) is -3.96. The molecule has 0 aliphatic heterocycles. The highest BCUT2D eigenvalue weighted by atomic mass is 32.2. The van der Waals surface area contributed by atoms with Crippen molar-refractivity contribution in [2.24, 2.45) is 0 Å². The molecule has 0 aliphatic rings. The quantitative estimate of drug-likeness (QED) is 0.390. The Balaban J connectivity index is 1.66. The number of benzene rings is 4. The first kappa shape index (κ1) is 23.3. The smallest absolute Gasteiger partial charge is 0.264 e. The van der Waals surface area contributed by atoms with Crippen LogP contribution in [-0.4, -0.2) is 20.9 Å². The third-order valence-electron chi connectivity index (χ3n) is 5.51. The third-order valence-corrected chi connectivity index (χ3v) is 7.30. The number of hydrogen-bond acceptors (Lipinski definition) is 3. The molecular formula is C28H26N2O3S. The van der Waals surface area contributed by atoms with Crippen LogP contribution in [0.5, 0.6) is 0 Å². The molecule has 0 bridgehead atoms. The molecule has 0 unspecified atom stereocenters. The summed E-state index contributed by atoms with van der Waals surface area (Å²) >= 11 is 0. The molecule has 4 aromatic rings. The van der Waals surface area contributed by atoms with E-state index in [0.29, 0.717) is 5.69 Å². The number of aryl methyl sites for hydroxylation is 1. The van der Waals surface area contributed by atoms with Crippen LogP contribution in [0.25, 0.3) is 0 Å². The molecule has 6 heteroatoms. The molecule has 0 saturated carbocycles. The van der Waals surface area contributed by atoms with Gasteiger partial charge in [-0.15, -0.1) is 0 Å². The Labute approximate surface area is 200 Å². The van der Waals surface area contributed by atoms with Gasteiger partial charge in [0.05, 0.1) is 16.6 Å². The van der Waals surface area contributed by atoms with Crippen LogP contribution in [0.4, 0.5) is 5.69 Å². The number of rotatable bonds is 8. The van der Waals surface area contributed by atoms with E-state index in [0.717, 1.165) is 21.0 Å². The van der Waals surface area contributed by atoms with E-state index in [2.05, 4.69) is 5.32 Å². The first-order valence-electron chi connectivity index (χ1n) is 11.0. The molecule has 1 amide bonds. The van der Waals surface area contributed by atoms with Crippen LogP contribution in [0.2, 0.25) is 0 Å². The predicted molar refractivity (Wildman–Crippen MR) is 135 cm³/mol. The number of amides is 1. The van der Waals surface area contributed by atoms with E-state index in [1.165, 1.54) is 0 Å². The second-order valence-electron chi connectivity index (χ2n) is 7.98. The van der Waals surface area contributed by atoms with Crippen LogP contribution >= 0.6 is 0 Å². The van der Waals surface area contributed by atoms with Gasteiger partial charge in [-0.2, -0.15) is 0 Å². The van der Waals surface area contributed by atoms with E-state index in [1.807, 2.05) is 67.6 Å². The zero-order chi connectivity index (χ0) is 24.0. The number of para-hydroxylation sites is 1. The van der Waals surface area contributed by atoms with Crippen LogP contribution < -0.4 is 9.62 Å². The van der Waals surface area contributed by atoms with Crippen molar-refractivity contribution < 1.29 is 13.2 Å². The standard InChI is InChI=1S/C28H26N2O3S/c1-22-17-19-26(20-18-22)34(32,33)30(25-15-9-4-10-16-25)21-27(31)29-28(23-11-5-2-6-12-23)24-13-7-3-8-14-24/h2-20,28H,21H2,1H3,(H,29,31). The lowest BCUT2D eigenvalue weighted by molar-refractivity contribution is -0.120. The molecule has 0 radical (unpaired) electrons. The summed E-state index contributed by atoms with van der Waals surface area (Å²) in [5.74, 6) is -0.405. The lowest BCUT2D eigenvalue weighted by atomic mass is 9.99. The van der Waals surface area contributed by atoms with Gasteiger partial charge >= 0.3 is 0 Å².